The van der Waals surface area contributed by atoms with E-state index in [1.54, 1.807) is 12.1 Å². The average molecular weight is 400 g/mol. The smallest absolute Gasteiger partial charge is 0.283 e. The summed E-state index contributed by atoms with van der Waals surface area (Å²) in [7, 11) is 0. The van der Waals surface area contributed by atoms with E-state index in [0.29, 0.717) is 22.9 Å². The Balaban J connectivity index is 0.00000338. The van der Waals surface area contributed by atoms with Crippen molar-refractivity contribution in [3.8, 4) is 0 Å². The normalized spacial score (nSPS) is 13.7. The van der Waals surface area contributed by atoms with Gasteiger partial charge in [-0.15, -0.1) is 24.2 Å². The van der Waals surface area contributed by atoms with Crippen LogP contribution in [0.2, 0.25) is 0 Å². The van der Waals surface area contributed by atoms with Crippen molar-refractivity contribution in [1.29, 1.82) is 0 Å². The molecular formula is C18H26ClN3O3S. The number of hydrogen-bond acceptors (Lipinski definition) is 5. The van der Waals surface area contributed by atoms with Crippen LogP contribution in [0, 0.1) is 16.0 Å². The monoisotopic (exact) mass is 399 g/mol. The second-order valence-corrected chi connectivity index (χ2v) is 7.61. The van der Waals surface area contributed by atoms with Gasteiger partial charge in [-0.3, -0.25) is 14.9 Å². The largest absolute Gasteiger partial charge is 0.348 e. The topological polar surface area (TPSA) is 84.3 Å². The number of hydrogen-bond donors (Lipinski definition) is 2. The van der Waals surface area contributed by atoms with Crippen LogP contribution in [0.4, 0.5) is 5.69 Å². The molecule has 0 bridgehead atoms. The molecule has 1 aromatic rings. The highest BCUT2D eigenvalue weighted by Crippen LogP contribution is 2.31. The third-order valence-corrected chi connectivity index (χ3v) is 5.10. The van der Waals surface area contributed by atoms with Gasteiger partial charge in [-0.05, 0) is 43.2 Å². The van der Waals surface area contributed by atoms with Crippen LogP contribution in [0.3, 0.4) is 0 Å². The zero-order valence-electron chi connectivity index (χ0n) is 15.1. The maximum atomic E-state index is 12.3. The molecule has 0 aliphatic carbocycles. The van der Waals surface area contributed by atoms with Gasteiger partial charge < -0.3 is 10.6 Å². The predicted octanol–water partition coefficient (Wildman–Crippen LogP) is 3.80. The molecule has 0 aromatic heterocycles. The van der Waals surface area contributed by atoms with E-state index in [-0.39, 0.29) is 24.0 Å². The molecule has 1 amide bonds. The first-order valence-electron chi connectivity index (χ1n) is 8.55. The molecule has 0 spiro atoms. The molecule has 1 heterocycles. The van der Waals surface area contributed by atoms with Crippen LogP contribution in [-0.2, 0) is 0 Å². The molecule has 0 saturated heterocycles. The van der Waals surface area contributed by atoms with Crippen molar-refractivity contribution in [3.05, 3.63) is 45.5 Å². The summed E-state index contributed by atoms with van der Waals surface area (Å²) in [6, 6.07) is 4.72. The lowest BCUT2D eigenvalue weighted by Gasteiger charge is -2.14. The fraction of sp³-hybridized carbons (Fsp3) is 0.500. The van der Waals surface area contributed by atoms with Gasteiger partial charge in [0.1, 0.15) is 0 Å². The molecule has 1 aromatic carbocycles. The van der Waals surface area contributed by atoms with Crippen molar-refractivity contribution in [3.63, 3.8) is 0 Å². The Morgan fingerprint density at radius 3 is 2.81 bits per heavy atom. The number of carbonyl (C=O) groups is 1. The lowest BCUT2D eigenvalue weighted by molar-refractivity contribution is -0.387. The van der Waals surface area contributed by atoms with Gasteiger partial charge in [-0.2, -0.15) is 0 Å². The van der Waals surface area contributed by atoms with Gasteiger partial charge in [0.15, 0.2) is 0 Å². The maximum absolute atomic E-state index is 12.3. The van der Waals surface area contributed by atoms with Crippen molar-refractivity contribution in [2.24, 2.45) is 5.92 Å². The first-order valence-corrected chi connectivity index (χ1v) is 9.54. The molecule has 0 atom stereocenters. The van der Waals surface area contributed by atoms with Gasteiger partial charge >= 0.3 is 0 Å². The molecule has 2 N–H and O–H groups in total. The summed E-state index contributed by atoms with van der Waals surface area (Å²) in [5.74, 6) is 1.11. The first-order chi connectivity index (χ1) is 12.0. The van der Waals surface area contributed by atoms with E-state index in [4.69, 9.17) is 0 Å². The number of thioether (sulfide) groups is 1. The van der Waals surface area contributed by atoms with Crippen LogP contribution >= 0.6 is 24.2 Å². The van der Waals surface area contributed by atoms with Crippen LogP contribution in [0.25, 0.3) is 0 Å². The van der Waals surface area contributed by atoms with E-state index in [1.807, 2.05) is 0 Å². The Bertz CT molecular complexity index is 665. The fourth-order valence-electron chi connectivity index (χ4n) is 2.45. The molecule has 0 radical (unpaired) electrons. The molecule has 1 aliphatic heterocycles. The molecule has 0 fully saturated rings. The molecule has 0 unspecified atom stereocenters. The number of nitrogens with zero attached hydrogens (tertiary/aromatic N) is 1. The summed E-state index contributed by atoms with van der Waals surface area (Å²) < 4.78 is 0. The molecule has 144 valence electrons. The second-order valence-electron chi connectivity index (χ2n) is 6.47. The summed E-state index contributed by atoms with van der Waals surface area (Å²) in [5.41, 5.74) is 1.51. The summed E-state index contributed by atoms with van der Waals surface area (Å²) in [6.45, 7) is 6.47. The van der Waals surface area contributed by atoms with E-state index in [9.17, 15) is 14.9 Å². The Hall–Kier alpha value is -1.57. The minimum absolute atomic E-state index is 0. The van der Waals surface area contributed by atoms with E-state index < -0.39 is 4.92 Å². The molecule has 1 aliphatic rings. The fourth-order valence-corrected chi connectivity index (χ4v) is 3.71. The number of nitro groups is 1. The van der Waals surface area contributed by atoms with E-state index >= 15 is 0 Å². The van der Waals surface area contributed by atoms with E-state index in [0.717, 1.165) is 31.7 Å². The standard InChI is InChI=1S/C18H25N3O3S.ClH/c1-13(2)7-10-25-17-4-3-15(11-16(17)21(23)24)18(22)20-12-14-5-8-19-9-6-14;/h3-5,11,13,19H,6-10,12H2,1-2H3,(H,20,22);1H. The average Bonchev–Trinajstić information content (AvgIpc) is 2.60. The first kappa shape index (κ1) is 22.5. The van der Waals surface area contributed by atoms with Crippen molar-refractivity contribution >= 4 is 35.8 Å². The van der Waals surface area contributed by atoms with Gasteiger partial charge in [0, 0.05) is 24.7 Å². The Kier molecular flexibility index (Phi) is 9.69. The van der Waals surface area contributed by atoms with Crippen molar-refractivity contribution in [1.82, 2.24) is 10.6 Å². The lowest BCUT2D eigenvalue weighted by atomic mass is 10.1. The van der Waals surface area contributed by atoms with Crippen molar-refractivity contribution < 1.29 is 9.72 Å². The Morgan fingerprint density at radius 1 is 1.42 bits per heavy atom. The van der Waals surface area contributed by atoms with Crippen LogP contribution in [0.15, 0.2) is 34.7 Å². The van der Waals surface area contributed by atoms with Gasteiger partial charge in [0.05, 0.1) is 9.82 Å². The van der Waals surface area contributed by atoms with Crippen LogP contribution in [0.5, 0.6) is 0 Å². The molecule has 6 nitrogen and oxygen atoms in total. The molecule has 2 rings (SSSR count). The van der Waals surface area contributed by atoms with Gasteiger partial charge in [0.25, 0.3) is 11.6 Å². The lowest BCUT2D eigenvalue weighted by Crippen LogP contribution is -2.29. The summed E-state index contributed by atoms with van der Waals surface area (Å²) >= 11 is 1.47. The maximum Gasteiger partial charge on any atom is 0.283 e. The summed E-state index contributed by atoms with van der Waals surface area (Å²) in [5, 5.41) is 17.4. The minimum atomic E-state index is -0.413. The molecule has 26 heavy (non-hydrogen) atoms. The quantitative estimate of drug-likeness (QED) is 0.300. The van der Waals surface area contributed by atoms with Gasteiger partial charge in [-0.25, -0.2) is 0 Å². The predicted molar refractivity (Wildman–Crippen MR) is 108 cm³/mol. The molecular weight excluding hydrogens is 374 g/mol. The van der Waals surface area contributed by atoms with Gasteiger partial charge in [-0.1, -0.05) is 25.5 Å². The second kappa shape index (κ2) is 11.2. The van der Waals surface area contributed by atoms with Crippen molar-refractivity contribution in [2.75, 3.05) is 25.4 Å². The summed E-state index contributed by atoms with van der Waals surface area (Å²) in [4.78, 5) is 23.8. The van der Waals surface area contributed by atoms with Crippen LogP contribution < -0.4 is 10.6 Å². The van der Waals surface area contributed by atoms with Crippen LogP contribution in [-0.4, -0.2) is 36.2 Å². The molecule has 8 heteroatoms. The third-order valence-electron chi connectivity index (χ3n) is 4.00. The number of nitro benzene ring substituents is 1. The van der Waals surface area contributed by atoms with Crippen molar-refractivity contribution in [2.45, 2.75) is 31.6 Å². The minimum Gasteiger partial charge on any atom is -0.348 e. The number of rotatable bonds is 8. The Labute approximate surface area is 164 Å². The van der Waals surface area contributed by atoms with E-state index in [1.165, 1.54) is 23.4 Å². The third kappa shape index (κ3) is 6.97. The number of halogens is 1. The highest BCUT2D eigenvalue weighted by Gasteiger charge is 2.18. The highest BCUT2D eigenvalue weighted by atomic mass is 35.5. The number of amides is 1. The number of benzene rings is 1. The number of carbonyl (C=O) groups excluding carboxylic acids is 1. The zero-order valence-corrected chi connectivity index (χ0v) is 16.8. The summed E-state index contributed by atoms with van der Waals surface area (Å²) in [6.07, 6.45) is 3.97. The Morgan fingerprint density at radius 2 is 2.19 bits per heavy atom. The highest BCUT2D eigenvalue weighted by molar-refractivity contribution is 7.99. The van der Waals surface area contributed by atoms with Crippen LogP contribution in [0.1, 0.15) is 37.0 Å². The zero-order chi connectivity index (χ0) is 18.2. The SMILES string of the molecule is CC(C)CCSc1ccc(C(=O)NCC2=CCNCC2)cc1[N+](=O)[O-].Cl. The van der Waals surface area contributed by atoms with Gasteiger partial charge in [0.2, 0.25) is 0 Å². The molecule has 0 saturated carbocycles. The number of nitrogens with one attached hydrogen (secondary N) is 2. The van der Waals surface area contributed by atoms with E-state index in [2.05, 4.69) is 30.6 Å².